The first-order valence-electron chi connectivity index (χ1n) is 2.81. The normalized spacial score (nSPS) is 10.3. The van der Waals surface area contributed by atoms with Crippen molar-refractivity contribution >= 4 is 5.97 Å². The molecule has 3 heteroatoms. The molecule has 52 valence electrons. The molecule has 9 heavy (non-hydrogen) atoms. The predicted molar refractivity (Wildman–Crippen MR) is 35.3 cm³/mol. The van der Waals surface area contributed by atoms with E-state index >= 15 is 0 Å². The van der Waals surface area contributed by atoms with Gasteiger partial charge in [0.25, 0.3) is 0 Å². The predicted octanol–water partition coefficient (Wildman–Crippen LogP) is 0.237. The summed E-state index contributed by atoms with van der Waals surface area (Å²) in [7, 11) is 0. The van der Waals surface area contributed by atoms with E-state index in [1.807, 2.05) is 19.1 Å². The van der Waals surface area contributed by atoms with Crippen molar-refractivity contribution in [1.29, 1.82) is 0 Å². The standard InChI is InChI=1S/C6H11NO2/c1-2-3-4-7-5-6(8)9/h2-3,7H,4-5H2,1H3,(H,8,9). The van der Waals surface area contributed by atoms with E-state index in [0.717, 1.165) is 0 Å². The van der Waals surface area contributed by atoms with Crippen molar-refractivity contribution < 1.29 is 9.90 Å². The highest BCUT2D eigenvalue weighted by molar-refractivity contribution is 5.68. The molecule has 0 radical (unpaired) electrons. The number of carbonyl (C=O) groups is 1. The molecule has 0 aliphatic rings. The third-order valence-corrected chi connectivity index (χ3v) is 0.774. The van der Waals surface area contributed by atoms with Crippen molar-refractivity contribution in [3.63, 3.8) is 0 Å². The van der Waals surface area contributed by atoms with E-state index < -0.39 is 5.97 Å². The lowest BCUT2D eigenvalue weighted by atomic mass is 10.5. The van der Waals surface area contributed by atoms with Crippen LogP contribution in [0.15, 0.2) is 12.2 Å². The number of allylic oxidation sites excluding steroid dienone is 1. The molecule has 0 aromatic carbocycles. The molecule has 0 saturated heterocycles. The molecule has 0 aliphatic carbocycles. The van der Waals surface area contributed by atoms with Gasteiger partial charge in [-0.2, -0.15) is 0 Å². The molecule has 0 rings (SSSR count). The van der Waals surface area contributed by atoms with E-state index in [9.17, 15) is 4.79 Å². The van der Waals surface area contributed by atoms with Crippen LogP contribution in [0.1, 0.15) is 6.92 Å². The van der Waals surface area contributed by atoms with Crippen molar-refractivity contribution in [2.45, 2.75) is 6.92 Å². The number of hydrogen-bond acceptors (Lipinski definition) is 2. The number of aliphatic carboxylic acids is 1. The van der Waals surface area contributed by atoms with Crippen molar-refractivity contribution in [1.82, 2.24) is 5.32 Å². The highest BCUT2D eigenvalue weighted by Gasteiger charge is 1.90. The maximum absolute atomic E-state index is 9.88. The number of carboxylic acid groups (broad SMARTS) is 1. The maximum atomic E-state index is 9.88. The van der Waals surface area contributed by atoms with E-state index in [1.165, 1.54) is 0 Å². The molecule has 0 unspecified atom stereocenters. The first kappa shape index (κ1) is 8.17. The molecule has 0 bridgehead atoms. The number of hydrogen-bond donors (Lipinski definition) is 2. The van der Waals surface area contributed by atoms with Crippen LogP contribution in [0.2, 0.25) is 0 Å². The summed E-state index contributed by atoms with van der Waals surface area (Å²) in [5, 5.41) is 10.8. The topological polar surface area (TPSA) is 49.3 Å². The number of nitrogens with one attached hydrogen (secondary N) is 1. The van der Waals surface area contributed by atoms with Gasteiger partial charge in [0.05, 0.1) is 6.54 Å². The van der Waals surface area contributed by atoms with Gasteiger partial charge in [-0.05, 0) is 6.92 Å². The summed E-state index contributed by atoms with van der Waals surface area (Å²) in [6.45, 7) is 2.55. The average Bonchev–Trinajstić information content (AvgIpc) is 1.80. The average molecular weight is 129 g/mol. The van der Waals surface area contributed by atoms with E-state index in [1.54, 1.807) is 0 Å². The number of carboxylic acids is 1. The van der Waals surface area contributed by atoms with Gasteiger partial charge in [0.1, 0.15) is 0 Å². The molecule has 0 heterocycles. The van der Waals surface area contributed by atoms with Gasteiger partial charge < -0.3 is 10.4 Å². The molecule has 0 saturated carbocycles. The monoisotopic (exact) mass is 129 g/mol. The maximum Gasteiger partial charge on any atom is 0.317 e. The molecule has 0 atom stereocenters. The highest BCUT2D eigenvalue weighted by Crippen LogP contribution is 1.66. The summed E-state index contributed by atoms with van der Waals surface area (Å²) in [5.74, 6) is -0.820. The summed E-state index contributed by atoms with van der Waals surface area (Å²) in [6, 6.07) is 0. The van der Waals surface area contributed by atoms with Crippen LogP contribution in [0.4, 0.5) is 0 Å². The molecule has 0 aromatic heterocycles. The Hall–Kier alpha value is -0.830. The molecule has 0 spiro atoms. The van der Waals surface area contributed by atoms with Gasteiger partial charge in [0.2, 0.25) is 0 Å². The van der Waals surface area contributed by atoms with Crippen molar-refractivity contribution in [2.75, 3.05) is 13.1 Å². The van der Waals surface area contributed by atoms with Crippen LogP contribution < -0.4 is 5.32 Å². The van der Waals surface area contributed by atoms with E-state index in [4.69, 9.17) is 5.11 Å². The Morgan fingerprint density at radius 3 is 2.89 bits per heavy atom. The Kier molecular flexibility index (Phi) is 4.82. The summed E-state index contributed by atoms with van der Waals surface area (Å²) < 4.78 is 0. The van der Waals surface area contributed by atoms with Crippen LogP contribution >= 0.6 is 0 Å². The zero-order valence-corrected chi connectivity index (χ0v) is 5.42. The molecular formula is C6H11NO2. The molecule has 0 amide bonds. The number of rotatable bonds is 4. The highest BCUT2D eigenvalue weighted by atomic mass is 16.4. The molecule has 2 N–H and O–H groups in total. The van der Waals surface area contributed by atoms with Crippen LogP contribution in [0.25, 0.3) is 0 Å². The minimum absolute atomic E-state index is 0.0321. The summed E-state index contributed by atoms with van der Waals surface area (Å²) in [5.41, 5.74) is 0. The molecule has 0 fully saturated rings. The SMILES string of the molecule is CC=CCNCC(=O)O. The zero-order valence-electron chi connectivity index (χ0n) is 5.42. The van der Waals surface area contributed by atoms with E-state index in [-0.39, 0.29) is 6.54 Å². The molecule has 0 aromatic rings. The van der Waals surface area contributed by atoms with Gasteiger partial charge in [0, 0.05) is 6.54 Å². The lowest BCUT2D eigenvalue weighted by molar-refractivity contribution is -0.135. The summed E-state index contributed by atoms with van der Waals surface area (Å²) in [4.78, 5) is 9.88. The first-order valence-corrected chi connectivity index (χ1v) is 2.81. The first-order chi connectivity index (χ1) is 4.27. The summed E-state index contributed by atoms with van der Waals surface area (Å²) >= 11 is 0. The van der Waals surface area contributed by atoms with Crippen molar-refractivity contribution in [3.05, 3.63) is 12.2 Å². The Labute approximate surface area is 54.4 Å². The molecule has 3 nitrogen and oxygen atoms in total. The van der Waals surface area contributed by atoms with Gasteiger partial charge in [-0.15, -0.1) is 0 Å². The fourth-order valence-electron chi connectivity index (χ4n) is 0.380. The fraction of sp³-hybridized carbons (Fsp3) is 0.500. The summed E-state index contributed by atoms with van der Waals surface area (Å²) in [6.07, 6.45) is 3.73. The van der Waals surface area contributed by atoms with E-state index in [0.29, 0.717) is 6.54 Å². The molecular weight excluding hydrogens is 118 g/mol. The second-order valence-electron chi connectivity index (χ2n) is 1.59. The Bertz CT molecular complexity index is 110. The molecule has 0 aliphatic heterocycles. The third kappa shape index (κ3) is 7.17. The van der Waals surface area contributed by atoms with Gasteiger partial charge in [-0.3, -0.25) is 4.79 Å². The lowest BCUT2D eigenvalue weighted by Gasteiger charge is -1.92. The Morgan fingerprint density at radius 1 is 1.78 bits per heavy atom. The van der Waals surface area contributed by atoms with Crippen LogP contribution in [-0.4, -0.2) is 24.2 Å². The Balaban J connectivity index is 3.01. The zero-order chi connectivity index (χ0) is 7.11. The fourth-order valence-corrected chi connectivity index (χ4v) is 0.380. The second kappa shape index (κ2) is 5.31. The van der Waals surface area contributed by atoms with Crippen LogP contribution in [0, 0.1) is 0 Å². The van der Waals surface area contributed by atoms with Crippen LogP contribution in [0.3, 0.4) is 0 Å². The second-order valence-corrected chi connectivity index (χ2v) is 1.59. The van der Waals surface area contributed by atoms with Crippen LogP contribution in [0.5, 0.6) is 0 Å². The van der Waals surface area contributed by atoms with Gasteiger partial charge in [-0.1, -0.05) is 12.2 Å². The smallest absolute Gasteiger partial charge is 0.317 e. The third-order valence-electron chi connectivity index (χ3n) is 0.774. The van der Waals surface area contributed by atoms with Gasteiger partial charge in [-0.25, -0.2) is 0 Å². The minimum Gasteiger partial charge on any atom is -0.480 e. The van der Waals surface area contributed by atoms with Crippen molar-refractivity contribution in [2.24, 2.45) is 0 Å². The van der Waals surface area contributed by atoms with Gasteiger partial charge in [0.15, 0.2) is 0 Å². The van der Waals surface area contributed by atoms with E-state index in [2.05, 4.69) is 5.32 Å². The largest absolute Gasteiger partial charge is 0.480 e. The van der Waals surface area contributed by atoms with Gasteiger partial charge >= 0.3 is 5.97 Å². The minimum atomic E-state index is -0.820. The Morgan fingerprint density at radius 2 is 2.44 bits per heavy atom. The van der Waals surface area contributed by atoms with Crippen molar-refractivity contribution in [3.8, 4) is 0 Å². The van der Waals surface area contributed by atoms with Crippen LogP contribution in [-0.2, 0) is 4.79 Å². The lowest BCUT2D eigenvalue weighted by Crippen LogP contribution is -2.22. The quantitative estimate of drug-likeness (QED) is 0.422.